The monoisotopic (exact) mass is 346 g/mol. The average Bonchev–Trinajstić information content (AvgIpc) is 2.94. The number of phenolic OH excluding ortho intramolecular Hbond substituents is 3. The van der Waals surface area contributed by atoms with Gasteiger partial charge in [-0.3, -0.25) is 0 Å². The van der Waals surface area contributed by atoms with E-state index in [-0.39, 0.29) is 36.0 Å². The van der Waals surface area contributed by atoms with Crippen LogP contribution in [-0.4, -0.2) is 28.4 Å². The van der Waals surface area contributed by atoms with Crippen LogP contribution in [0.1, 0.15) is 32.6 Å². The van der Waals surface area contributed by atoms with Crippen LogP contribution in [-0.2, 0) is 22.7 Å². The molecule has 0 spiro atoms. The lowest BCUT2D eigenvalue weighted by molar-refractivity contribution is 0.0532. The molecule has 2 aromatic rings. The predicted octanol–water partition coefficient (Wildman–Crippen LogP) is 3.03. The molecule has 3 rings (SSSR count). The van der Waals surface area contributed by atoms with E-state index in [1.165, 1.54) is 7.11 Å². The summed E-state index contributed by atoms with van der Waals surface area (Å²) in [5, 5.41) is 30.6. The number of carbonyl (C=O) groups excluding carboxylic acids is 1. The van der Waals surface area contributed by atoms with Crippen LogP contribution < -0.4 is 4.74 Å². The van der Waals surface area contributed by atoms with Gasteiger partial charge in [-0.25, -0.2) is 4.79 Å². The normalized spacial score (nSPS) is 12.8. The second-order valence-corrected chi connectivity index (χ2v) is 5.88. The predicted molar refractivity (Wildman–Crippen MR) is 87.3 cm³/mol. The Kier molecular flexibility index (Phi) is 4.18. The lowest BCUT2D eigenvalue weighted by Crippen LogP contribution is -2.00. The van der Waals surface area contributed by atoms with E-state index in [2.05, 4.69) is 0 Å². The van der Waals surface area contributed by atoms with Gasteiger partial charge in [-0.15, -0.1) is 0 Å². The number of hydrogen-bond acceptors (Lipinski definition) is 7. The third-order valence-electron chi connectivity index (χ3n) is 4.15. The van der Waals surface area contributed by atoms with Crippen molar-refractivity contribution in [2.75, 3.05) is 7.11 Å². The van der Waals surface area contributed by atoms with E-state index >= 15 is 0 Å². The Labute approximate surface area is 144 Å². The first-order chi connectivity index (χ1) is 11.8. The van der Waals surface area contributed by atoms with E-state index in [1.807, 2.05) is 0 Å². The van der Waals surface area contributed by atoms with Gasteiger partial charge in [0.25, 0.3) is 0 Å². The van der Waals surface area contributed by atoms with Crippen LogP contribution in [0, 0.1) is 13.8 Å². The Hall–Kier alpha value is -2.93. The summed E-state index contributed by atoms with van der Waals surface area (Å²) in [7, 11) is 1.48. The van der Waals surface area contributed by atoms with Gasteiger partial charge in [-0.2, -0.15) is 0 Å². The Bertz CT molecular complexity index is 871. The maximum atomic E-state index is 11.7. The molecule has 0 fully saturated rings. The van der Waals surface area contributed by atoms with Crippen molar-refractivity contribution in [3.63, 3.8) is 0 Å². The van der Waals surface area contributed by atoms with Gasteiger partial charge in [0, 0.05) is 18.2 Å². The Balaban J connectivity index is 2.14. The number of benzene rings is 2. The molecule has 0 saturated heterocycles. The number of aryl methyl sites for hydroxylation is 1. The number of phenols is 3. The first-order valence-electron chi connectivity index (χ1n) is 7.58. The number of rotatable bonds is 4. The first kappa shape index (κ1) is 16.9. The highest BCUT2D eigenvalue weighted by Crippen LogP contribution is 2.48. The topological polar surface area (TPSA) is 105 Å². The van der Waals surface area contributed by atoms with Gasteiger partial charge < -0.3 is 29.5 Å². The van der Waals surface area contributed by atoms with Gasteiger partial charge in [-0.05, 0) is 31.5 Å². The molecule has 1 heterocycles. The highest BCUT2D eigenvalue weighted by atomic mass is 16.5. The second kappa shape index (κ2) is 6.18. The van der Waals surface area contributed by atoms with Crippen LogP contribution >= 0.6 is 0 Å². The highest BCUT2D eigenvalue weighted by Gasteiger charge is 2.33. The minimum absolute atomic E-state index is 0.00196. The van der Waals surface area contributed by atoms with E-state index in [9.17, 15) is 20.1 Å². The minimum Gasteiger partial charge on any atom is -0.507 e. The highest BCUT2D eigenvalue weighted by molar-refractivity contribution is 5.98. The van der Waals surface area contributed by atoms with E-state index in [1.54, 1.807) is 26.0 Å². The molecule has 0 amide bonds. The molecular formula is C18H18O7. The molecule has 0 saturated carbocycles. The molecular weight excluding hydrogens is 328 g/mol. The van der Waals surface area contributed by atoms with Crippen molar-refractivity contribution in [3.8, 4) is 28.7 Å². The van der Waals surface area contributed by atoms with E-state index < -0.39 is 17.5 Å². The van der Waals surface area contributed by atoms with Crippen LogP contribution in [0.4, 0.5) is 0 Å². The molecule has 1 aliphatic heterocycles. The molecule has 25 heavy (non-hydrogen) atoms. The minimum atomic E-state index is -0.689. The smallest absolute Gasteiger partial charge is 0.342 e. The number of carbonyl (C=O) groups is 1. The molecule has 7 nitrogen and oxygen atoms in total. The molecule has 0 unspecified atom stereocenters. The van der Waals surface area contributed by atoms with Crippen molar-refractivity contribution >= 4 is 5.97 Å². The number of cyclic esters (lactones) is 1. The Morgan fingerprint density at radius 2 is 1.88 bits per heavy atom. The maximum Gasteiger partial charge on any atom is 0.342 e. The van der Waals surface area contributed by atoms with Gasteiger partial charge in [-0.1, -0.05) is 0 Å². The molecule has 7 heteroatoms. The summed E-state index contributed by atoms with van der Waals surface area (Å²) in [5.74, 6) is -1.55. The SMILES string of the molecule is COCc1c(O)cc(C)cc1Oc1c(C)c2c(c(O)c1O)C(=O)OC2. The summed E-state index contributed by atoms with van der Waals surface area (Å²) in [6, 6.07) is 3.25. The molecule has 0 atom stereocenters. The Morgan fingerprint density at radius 3 is 2.56 bits per heavy atom. The first-order valence-corrected chi connectivity index (χ1v) is 7.58. The van der Waals surface area contributed by atoms with Crippen LogP contribution in [0.25, 0.3) is 0 Å². The van der Waals surface area contributed by atoms with Crippen molar-refractivity contribution in [1.82, 2.24) is 0 Å². The summed E-state index contributed by atoms with van der Waals surface area (Å²) in [4.78, 5) is 11.7. The molecule has 3 N–H and O–H groups in total. The molecule has 0 radical (unpaired) electrons. The fourth-order valence-electron chi connectivity index (χ4n) is 2.86. The van der Waals surface area contributed by atoms with Crippen molar-refractivity contribution in [2.45, 2.75) is 27.1 Å². The van der Waals surface area contributed by atoms with Crippen molar-refractivity contribution in [2.24, 2.45) is 0 Å². The zero-order valence-corrected chi connectivity index (χ0v) is 14.0. The third-order valence-corrected chi connectivity index (χ3v) is 4.15. The van der Waals surface area contributed by atoms with Crippen molar-refractivity contribution < 1.29 is 34.3 Å². The molecule has 0 aromatic heterocycles. The van der Waals surface area contributed by atoms with Crippen LogP contribution in [0.3, 0.4) is 0 Å². The zero-order chi connectivity index (χ0) is 18.3. The number of methoxy groups -OCH3 is 1. The van der Waals surface area contributed by atoms with Crippen LogP contribution in [0.2, 0.25) is 0 Å². The molecule has 0 aliphatic carbocycles. The standard InChI is InChI=1S/C18H18O7/c1-8-4-12(19)11(6-23-3)13(5-8)25-17-9(2)10-7-24-18(22)14(10)15(20)16(17)21/h4-5,19-21H,6-7H2,1-3H3. The maximum absolute atomic E-state index is 11.7. The van der Waals surface area contributed by atoms with Gasteiger partial charge in [0.05, 0.1) is 12.2 Å². The number of hydrogen-bond donors (Lipinski definition) is 3. The molecule has 132 valence electrons. The van der Waals surface area contributed by atoms with Gasteiger partial charge in [0.1, 0.15) is 23.7 Å². The van der Waals surface area contributed by atoms with Crippen molar-refractivity contribution in [3.05, 3.63) is 39.9 Å². The lowest BCUT2D eigenvalue weighted by atomic mass is 10.0. The van der Waals surface area contributed by atoms with Crippen LogP contribution in [0.5, 0.6) is 28.7 Å². The van der Waals surface area contributed by atoms with Gasteiger partial charge >= 0.3 is 5.97 Å². The number of aromatic hydroxyl groups is 3. The largest absolute Gasteiger partial charge is 0.507 e. The third kappa shape index (κ3) is 2.72. The second-order valence-electron chi connectivity index (χ2n) is 5.88. The Morgan fingerprint density at radius 1 is 1.16 bits per heavy atom. The number of esters is 1. The summed E-state index contributed by atoms with van der Waals surface area (Å²) in [6.45, 7) is 3.53. The molecule has 1 aliphatic rings. The summed E-state index contributed by atoms with van der Waals surface area (Å²) in [6.07, 6.45) is 0. The van der Waals surface area contributed by atoms with Crippen molar-refractivity contribution in [1.29, 1.82) is 0 Å². The fourth-order valence-corrected chi connectivity index (χ4v) is 2.86. The molecule has 2 aromatic carbocycles. The zero-order valence-electron chi connectivity index (χ0n) is 14.0. The fraction of sp³-hybridized carbons (Fsp3) is 0.278. The van der Waals surface area contributed by atoms with Crippen LogP contribution in [0.15, 0.2) is 12.1 Å². The summed E-state index contributed by atoms with van der Waals surface area (Å²) < 4.78 is 15.8. The van der Waals surface area contributed by atoms with Gasteiger partial charge in [0.15, 0.2) is 11.5 Å². The lowest BCUT2D eigenvalue weighted by Gasteiger charge is -2.17. The van der Waals surface area contributed by atoms with E-state index in [0.717, 1.165) is 5.56 Å². The molecule has 0 bridgehead atoms. The van der Waals surface area contributed by atoms with E-state index in [0.29, 0.717) is 16.7 Å². The summed E-state index contributed by atoms with van der Waals surface area (Å²) >= 11 is 0. The quantitative estimate of drug-likeness (QED) is 0.577. The number of ether oxygens (including phenoxy) is 3. The number of fused-ring (bicyclic) bond motifs is 1. The summed E-state index contributed by atoms with van der Waals surface area (Å²) in [5.41, 5.74) is 2.03. The average molecular weight is 346 g/mol. The van der Waals surface area contributed by atoms with Gasteiger partial charge in [0.2, 0.25) is 5.75 Å². The van der Waals surface area contributed by atoms with E-state index in [4.69, 9.17) is 14.2 Å².